The number of fused-ring (bicyclic) bond motifs is 1. The zero-order valence-electron chi connectivity index (χ0n) is 16.4. The molecule has 2 aromatic carbocycles. The maximum absolute atomic E-state index is 13.9. The van der Waals surface area contributed by atoms with Gasteiger partial charge in [0, 0.05) is 30.4 Å². The van der Waals surface area contributed by atoms with Gasteiger partial charge in [0.15, 0.2) is 0 Å². The van der Waals surface area contributed by atoms with Gasteiger partial charge < -0.3 is 9.80 Å². The Labute approximate surface area is 165 Å². The number of hydrogen-bond acceptors (Lipinski definition) is 2. The van der Waals surface area contributed by atoms with Gasteiger partial charge in [-0.1, -0.05) is 18.2 Å². The number of amides is 1. The van der Waals surface area contributed by atoms with E-state index in [2.05, 4.69) is 18.7 Å². The smallest absolute Gasteiger partial charge is 0.227 e. The van der Waals surface area contributed by atoms with E-state index in [1.807, 2.05) is 17.0 Å². The van der Waals surface area contributed by atoms with E-state index in [0.717, 1.165) is 18.5 Å². The number of carbonyl (C=O) groups is 1. The van der Waals surface area contributed by atoms with Crippen LogP contribution in [-0.2, 0) is 11.2 Å². The van der Waals surface area contributed by atoms with E-state index >= 15 is 0 Å². The van der Waals surface area contributed by atoms with Gasteiger partial charge in [0.25, 0.3) is 0 Å². The van der Waals surface area contributed by atoms with Crippen molar-refractivity contribution < 1.29 is 13.6 Å². The number of halogens is 2. The molecule has 0 N–H and O–H groups in total. The van der Waals surface area contributed by atoms with Crippen LogP contribution >= 0.6 is 0 Å². The van der Waals surface area contributed by atoms with Crippen LogP contribution in [0, 0.1) is 17.6 Å². The molecule has 0 aliphatic carbocycles. The van der Waals surface area contributed by atoms with Crippen LogP contribution in [0.2, 0.25) is 0 Å². The summed E-state index contributed by atoms with van der Waals surface area (Å²) in [5, 5.41) is 0. The molecule has 1 amide bonds. The minimum Gasteiger partial charge on any atom is -0.363 e. The third kappa shape index (κ3) is 3.50. The number of benzene rings is 2. The van der Waals surface area contributed by atoms with Gasteiger partial charge in [0.05, 0.1) is 6.42 Å². The van der Waals surface area contributed by atoms with Gasteiger partial charge in [0.1, 0.15) is 11.6 Å². The lowest BCUT2D eigenvalue weighted by Crippen LogP contribution is -2.50. The van der Waals surface area contributed by atoms with E-state index in [0.29, 0.717) is 30.6 Å². The Bertz CT molecular complexity index is 865. The van der Waals surface area contributed by atoms with Crippen LogP contribution in [-0.4, -0.2) is 35.5 Å². The lowest BCUT2D eigenvalue weighted by atomic mass is 9.89. The second-order valence-corrected chi connectivity index (χ2v) is 8.59. The van der Waals surface area contributed by atoms with Crippen molar-refractivity contribution in [1.29, 1.82) is 0 Å². The summed E-state index contributed by atoms with van der Waals surface area (Å²) < 4.78 is 27.3. The zero-order chi connectivity index (χ0) is 19.9. The van der Waals surface area contributed by atoms with Gasteiger partial charge in [-0.15, -0.1) is 0 Å². The highest BCUT2D eigenvalue weighted by Gasteiger charge is 2.48. The second-order valence-electron chi connectivity index (χ2n) is 8.59. The number of anilines is 1. The van der Waals surface area contributed by atoms with Crippen molar-refractivity contribution in [3.63, 3.8) is 0 Å². The van der Waals surface area contributed by atoms with Gasteiger partial charge in [-0.05, 0) is 68.5 Å². The molecule has 148 valence electrons. The fourth-order valence-corrected chi connectivity index (χ4v) is 5.03. The molecule has 2 aromatic rings. The van der Waals surface area contributed by atoms with Crippen LogP contribution in [0.25, 0.3) is 0 Å². The fraction of sp³-hybridized carbons (Fsp3) is 0.435. The largest absolute Gasteiger partial charge is 0.363 e. The van der Waals surface area contributed by atoms with Crippen molar-refractivity contribution in [1.82, 2.24) is 4.90 Å². The minimum atomic E-state index is -0.324. The minimum absolute atomic E-state index is 0.0124. The summed E-state index contributed by atoms with van der Waals surface area (Å²) in [6, 6.07) is 13.5. The van der Waals surface area contributed by atoms with Gasteiger partial charge in [0.2, 0.25) is 5.91 Å². The second kappa shape index (κ2) is 7.19. The molecule has 0 spiro atoms. The number of hydrogen-bond donors (Lipinski definition) is 0. The average molecular weight is 384 g/mol. The summed E-state index contributed by atoms with van der Waals surface area (Å²) in [5.74, 6) is -0.207. The van der Waals surface area contributed by atoms with Crippen LogP contribution in [0.1, 0.15) is 32.3 Å². The Kier molecular flexibility index (Phi) is 4.86. The fourth-order valence-electron chi connectivity index (χ4n) is 5.03. The van der Waals surface area contributed by atoms with Crippen LogP contribution in [0.15, 0.2) is 48.5 Å². The molecule has 0 radical (unpaired) electrons. The molecule has 28 heavy (non-hydrogen) atoms. The molecule has 2 fully saturated rings. The quantitative estimate of drug-likeness (QED) is 0.782. The first kappa shape index (κ1) is 18.9. The third-order valence-corrected chi connectivity index (χ3v) is 6.20. The van der Waals surface area contributed by atoms with E-state index in [-0.39, 0.29) is 29.5 Å². The molecule has 2 saturated heterocycles. The van der Waals surface area contributed by atoms with E-state index in [1.165, 1.54) is 18.2 Å². The first-order valence-electron chi connectivity index (χ1n) is 9.91. The van der Waals surface area contributed by atoms with Gasteiger partial charge in [-0.2, -0.15) is 0 Å². The van der Waals surface area contributed by atoms with Crippen molar-refractivity contribution in [3.05, 3.63) is 65.7 Å². The van der Waals surface area contributed by atoms with Crippen LogP contribution in [0.5, 0.6) is 0 Å². The molecule has 2 aliphatic rings. The van der Waals surface area contributed by atoms with Gasteiger partial charge in [-0.3, -0.25) is 4.79 Å². The average Bonchev–Trinajstić information content (AvgIpc) is 2.93. The molecule has 2 aliphatic heterocycles. The summed E-state index contributed by atoms with van der Waals surface area (Å²) in [4.78, 5) is 17.0. The van der Waals surface area contributed by atoms with Gasteiger partial charge in [-0.25, -0.2) is 8.78 Å². The van der Waals surface area contributed by atoms with Crippen molar-refractivity contribution in [2.24, 2.45) is 5.92 Å². The summed E-state index contributed by atoms with van der Waals surface area (Å²) in [6.07, 6.45) is 1.95. The summed E-state index contributed by atoms with van der Waals surface area (Å²) in [5.41, 5.74) is 1.43. The molecular formula is C23H26F2N2O. The van der Waals surface area contributed by atoms with Gasteiger partial charge >= 0.3 is 0 Å². The Hall–Kier alpha value is -2.43. The number of likely N-dealkylation sites (tertiary alicyclic amines) is 1. The Balaban J connectivity index is 1.48. The standard InChI is InChI=1S/C23H26F2N2O/c1-23(2)14-17-15-26(22(28)13-16-5-3-4-6-20(16)25)12-11-21(17)27(23)19-9-7-18(24)8-10-19/h3-10,17,21H,11-15H2,1-2H3/t17-,21+/m1/s1. The molecule has 0 unspecified atom stereocenters. The molecule has 0 bridgehead atoms. The number of carbonyl (C=O) groups excluding carboxylic acids is 1. The maximum atomic E-state index is 13.9. The Morgan fingerprint density at radius 2 is 1.82 bits per heavy atom. The van der Waals surface area contributed by atoms with E-state index in [1.54, 1.807) is 18.2 Å². The third-order valence-electron chi connectivity index (χ3n) is 6.20. The first-order valence-corrected chi connectivity index (χ1v) is 9.91. The number of rotatable bonds is 3. The van der Waals surface area contributed by atoms with Crippen molar-refractivity contribution >= 4 is 11.6 Å². The number of nitrogens with zero attached hydrogens (tertiary/aromatic N) is 2. The van der Waals surface area contributed by atoms with Crippen LogP contribution in [0.3, 0.4) is 0 Å². The molecular weight excluding hydrogens is 358 g/mol. The maximum Gasteiger partial charge on any atom is 0.227 e. The molecule has 0 aromatic heterocycles. The lowest BCUT2D eigenvalue weighted by Gasteiger charge is -2.42. The van der Waals surface area contributed by atoms with Crippen LogP contribution < -0.4 is 4.90 Å². The molecule has 2 heterocycles. The molecule has 4 rings (SSSR count). The molecule has 5 heteroatoms. The van der Waals surface area contributed by atoms with E-state index in [4.69, 9.17) is 0 Å². The zero-order valence-corrected chi connectivity index (χ0v) is 16.4. The van der Waals surface area contributed by atoms with E-state index in [9.17, 15) is 13.6 Å². The van der Waals surface area contributed by atoms with Crippen LogP contribution in [0.4, 0.5) is 14.5 Å². The van der Waals surface area contributed by atoms with Crippen molar-refractivity contribution in [2.45, 2.75) is 44.7 Å². The highest BCUT2D eigenvalue weighted by molar-refractivity contribution is 5.79. The SMILES string of the molecule is CC1(C)C[C@@H]2CN(C(=O)Cc3ccccc3F)CC[C@@H]2N1c1ccc(F)cc1. The summed E-state index contributed by atoms with van der Waals surface area (Å²) in [6.45, 7) is 5.78. The molecule has 0 saturated carbocycles. The highest BCUT2D eigenvalue weighted by atomic mass is 19.1. The highest BCUT2D eigenvalue weighted by Crippen LogP contribution is 2.44. The Morgan fingerprint density at radius 3 is 2.54 bits per heavy atom. The Morgan fingerprint density at radius 1 is 1.11 bits per heavy atom. The summed E-state index contributed by atoms with van der Waals surface area (Å²) >= 11 is 0. The normalized spacial score (nSPS) is 23.6. The number of piperidine rings is 1. The summed E-state index contributed by atoms with van der Waals surface area (Å²) in [7, 11) is 0. The lowest BCUT2D eigenvalue weighted by molar-refractivity contribution is -0.132. The van der Waals surface area contributed by atoms with Crippen molar-refractivity contribution in [2.75, 3.05) is 18.0 Å². The monoisotopic (exact) mass is 384 g/mol. The topological polar surface area (TPSA) is 23.6 Å². The predicted octanol–water partition coefficient (Wildman–Crippen LogP) is 4.41. The first-order chi connectivity index (χ1) is 13.3. The molecule has 2 atom stereocenters. The predicted molar refractivity (Wildman–Crippen MR) is 106 cm³/mol. The van der Waals surface area contributed by atoms with E-state index < -0.39 is 0 Å². The molecule has 3 nitrogen and oxygen atoms in total. The van der Waals surface area contributed by atoms with Crippen molar-refractivity contribution in [3.8, 4) is 0 Å².